The molecule has 1 heterocycles. The molecule has 0 aliphatic heterocycles. The summed E-state index contributed by atoms with van der Waals surface area (Å²) in [6.07, 6.45) is 0. The van der Waals surface area contributed by atoms with Gasteiger partial charge in [0.1, 0.15) is 5.56 Å². The number of nitrogens with zero attached hydrogens (tertiary/aromatic N) is 2. The summed E-state index contributed by atoms with van der Waals surface area (Å²) in [5.41, 5.74) is 0.552. The molecule has 2 aromatic rings. The first-order valence-corrected chi connectivity index (χ1v) is 5.61. The van der Waals surface area contributed by atoms with Gasteiger partial charge in [-0.3, -0.25) is 0 Å². The number of benzene rings is 1. The smallest absolute Gasteiger partial charge is 0.339 e. The van der Waals surface area contributed by atoms with Crippen molar-refractivity contribution >= 4 is 40.7 Å². The lowest BCUT2D eigenvalue weighted by atomic mass is 10.2. The number of carbonyl (C=O) groups is 1. The fourth-order valence-corrected chi connectivity index (χ4v) is 1.66. The molecule has 0 unspecified atom stereocenters. The lowest BCUT2D eigenvalue weighted by Gasteiger charge is -2.07. The van der Waals surface area contributed by atoms with Crippen LogP contribution in [0.1, 0.15) is 10.4 Å². The molecule has 7 heteroatoms. The highest BCUT2D eigenvalue weighted by atomic mass is 35.5. The second-order valence-corrected chi connectivity index (χ2v) is 4.19. The molecule has 0 radical (unpaired) electrons. The molecule has 0 aliphatic rings. The average Bonchev–Trinajstić information content (AvgIpc) is 2.31. The fraction of sp³-hybridized carbons (Fsp3) is 0. The van der Waals surface area contributed by atoms with Gasteiger partial charge in [-0.2, -0.15) is 0 Å². The normalized spacial score (nSPS) is 10.1. The molecule has 0 bridgehead atoms. The zero-order valence-corrected chi connectivity index (χ0v) is 10.4. The van der Waals surface area contributed by atoms with Crippen LogP contribution < -0.4 is 5.32 Å². The van der Waals surface area contributed by atoms with Crippen molar-refractivity contribution in [1.29, 1.82) is 0 Å². The van der Waals surface area contributed by atoms with E-state index in [0.29, 0.717) is 10.7 Å². The largest absolute Gasteiger partial charge is 0.478 e. The number of carboxylic acids is 1. The lowest BCUT2D eigenvalue weighted by molar-refractivity contribution is 0.0697. The maximum absolute atomic E-state index is 11.0. The van der Waals surface area contributed by atoms with Gasteiger partial charge in [0.2, 0.25) is 0 Å². The van der Waals surface area contributed by atoms with Crippen molar-refractivity contribution in [2.45, 2.75) is 0 Å². The summed E-state index contributed by atoms with van der Waals surface area (Å²) < 4.78 is 0. The minimum atomic E-state index is -1.14. The van der Waals surface area contributed by atoms with E-state index in [1.165, 1.54) is 6.07 Å². The molecule has 0 saturated heterocycles. The van der Waals surface area contributed by atoms with Crippen LogP contribution in [0.3, 0.4) is 0 Å². The van der Waals surface area contributed by atoms with Gasteiger partial charge < -0.3 is 10.4 Å². The van der Waals surface area contributed by atoms with Crippen LogP contribution in [0.4, 0.5) is 11.5 Å². The van der Waals surface area contributed by atoms with Crippen LogP contribution in [0.5, 0.6) is 0 Å². The van der Waals surface area contributed by atoms with Crippen molar-refractivity contribution in [3.8, 4) is 0 Å². The molecule has 1 aromatic heterocycles. The lowest BCUT2D eigenvalue weighted by Crippen LogP contribution is -2.06. The van der Waals surface area contributed by atoms with Crippen LogP contribution in [-0.4, -0.2) is 21.3 Å². The van der Waals surface area contributed by atoms with Crippen molar-refractivity contribution in [2.24, 2.45) is 0 Å². The highest BCUT2D eigenvalue weighted by molar-refractivity contribution is 6.31. The summed E-state index contributed by atoms with van der Waals surface area (Å²) in [7, 11) is 0. The van der Waals surface area contributed by atoms with Crippen LogP contribution in [0.25, 0.3) is 0 Å². The predicted octanol–water partition coefficient (Wildman–Crippen LogP) is 3.23. The van der Waals surface area contributed by atoms with Crippen LogP contribution in [-0.2, 0) is 0 Å². The second kappa shape index (κ2) is 5.20. The third kappa shape index (κ3) is 2.88. The Morgan fingerprint density at radius 1 is 1.22 bits per heavy atom. The number of aromatic carboxylic acids is 1. The van der Waals surface area contributed by atoms with Crippen LogP contribution in [0.15, 0.2) is 30.3 Å². The number of anilines is 2. The van der Waals surface area contributed by atoms with Gasteiger partial charge in [0, 0.05) is 10.7 Å². The Balaban J connectivity index is 2.37. The number of rotatable bonds is 3. The summed E-state index contributed by atoms with van der Waals surface area (Å²) in [4.78, 5) is 11.0. The Morgan fingerprint density at radius 3 is 2.67 bits per heavy atom. The molecule has 2 N–H and O–H groups in total. The SMILES string of the molecule is O=C(O)c1cc(Cl)nnc1Nc1cccc(Cl)c1. The number of hydrogen-bond donors (Lipinski definition) is 2. The van der Waals surface area contributed by atoms with E-state index in [-0.39, 0.29) is 16.5 Å². The van der Waals surface area contributed by atoms with Crippen LogP contribution >= 0.6 is 23.2 Å². The number of hydrogen-bond acceptors (Lipinski definition) is 4. The molecule has 0 aliphatic carbocycles. The summed E-state index contributed by atoms with van der Waals surface area (Å²) in [5.74, 6) is -1.04. The summed E-state index contributed by atoms with van der Waals surface area (Å²) in [5, 5.41) is 19.7. The first-order valence-electron chi connectivity index (χ1n) is 4.85. The van der Waals surface area contributed by atoms with E-state index in [2.05, 4.69) is 15.5 Å². The maximum Gasteiger partial charge on any atom is 0.339 e. The van der Waals surface area contributed by atoms with Crippen LogP contribution in [0.2, 0.25) is 10.2 Å². The van der Waals surface area contributed by atoms with Crippen molar-refractivity contribution in [1.82, 2.24) is 10.2 Å². The quantitative estimate of drug-likeness (QED) is 0.905. The molecule has 18 heavy (non-hydrogen) atoms. The fourth-order valence-electron chi connectivity index (χ4n) is 1.33. The molecule has 0 amide bonds. The van der Waals surface area contributed by atoms with Gasteiger partial charge in [0.15, 0.2) is 11.0 Å². The standard InChI is InChI=1S/C11H7Cl2N3O2/c12-6-2-1-3-7(4-6)14-10-8(11(17)18)5-9(13)15-16-10/h1-5H,(H,14,16)(H,17,18). The topological polar surface area (TPSA) is 75.1 Å². The molecule has 92 valence electrons. The van der Waals surface area contributed by atoms with E-state index < -0.39 is 5.97 Å². The molecule has 5 nitrogen and oxygen atoms in total. The minimum Gasteiger partial charge on any atom is -0.478 e. The van der Waals surface area contributed by atoms with E-state index in [1.807, 2.05) is 0 Å². The Morgan fingerprint density at radius 2 is 2.00 bits per heavy atom. The average molecular weight is 284 g/mol. The number of nitrogens with one attached hydrogen (secondary N) is 1. The van der Waals surface area contributed by atoms with Crippen molar-refractivity contribution < 1.29 is 9.90 Å². The number of aromatic nitrogens is 2. The zero-order chi connectivity index (χ0) is 13.1. The number of carboxylic acid groups (broad SMARTS) is 1. The van der Waals surface area contributed by atoms with Gasteiger partial charge in [-0.25, -0.2) is 4.79 Å². The Hall–Kier alpha value is -1.85. The van der Waals surface area contributed by atoms with Gasteiger partial charge in [-0.15, -0.1) is 10.2 Å². The maximum atomic E-state index is 11.0. The first kappa shape index (κ1) is 12.6. The monoisotopic (exact) mass is 283 g/mol. The van der Waals surface area contributed by atoms with Crippen LogP contribution in [0, 0.1) is 0 Å². The highest BCUT2D eigenvalue weighted by Gasteiger charge is 2.13. The van der Waals surface area contributed by atoms with Gasteiger partial charge in [-0.05, 0) is 24.3 Å². The van der Waals surface area contributed by atoms with E-state index in [9.17, 15) is 4.79 Å². The molecule has 1 aromatic carbocycles. The zero-order valence-electron chi connectivity index (χ0n) is 8.89. The van der Waals surface area contributed by atoms with E-state index >= 15 is 0 Å². The minimum absolute atomic E-state index is 0.0176. The summed E-state index contributed by atoms with van der Waals surface area (Å²) >= 11 is 11.4. The van der Waals surface area contributed by atoms with Gasteiger partial charge in [0.05, 0.1) is 0 Å². The number of halogens is 2. The Labute approximate surface area is 112 Å². The van der Waals surface area contributed by atoms with Crippen molar-refractivity contribution in [3.63, 3.8) is 0 Å². The van der Waals surface area contributed by atoms with E-state index in [1.54, 1.807) is 24.3 Å². The second-order valence-electron chi connectivity index (χ2n) is 3.37. The first-order chi connectivity index (χ1) is 8.56. The molecule has 0 fully saturated rings. The van der Waals surface area contributed by atoms with E-state index in [4.69, 9.17) is 28.3 Å². The molecular formula is C11H7Cl2N3O2. The molecule has 0 spiro atoms. The Kier molecular flexibility index (Phi) is 3.64. The highest BCUT2D eigenvalue weighted by Crippen LogP contribution is 2.22. The molecule has 0 atom stereocenters. The van der Waals surface area contributed by atoms with Gasteiger partial charge in [0.25, 0.3) is 0 Å². The third-order valence-electron chi connectivity index (χ3n) is 2.08. The molecule has 2 rings (SSSR count). The summed E-state index contributed by atoms with van der Waals surface area (Å²) in [6.45, 7) is 0. The summed E-state index contributed by atoms with van der Waals surface area (Å²) in [6, 6.07) is 8.04. The predicted molar refractivity (Wildman–Crippen MR) is 68.7 cm³/mol. The van der Waals surface area contributed by atoms with E-state index in [0.717, 1.165) is 0 Å². The van der Waals surface area contributed by atoms with Gasteiger partial charge >= 0.3 is 5.97 Å². The molecular weight excluding hydrogens is 277 g/mol. The molecule has 0 saturated carbocycles. The van der Waals surface area contributed by atoms with Crippen molar-refractivity contribution in [2.75, 3.05) is 5.32 Å². The van der Waals surface area contributed by atoms with Crippen molar-refractivity contribution in [3.05, 3.63) is 46.1 Å². The third-order valence-corrected chi connectivity index (χ3v) is 2.50. The Bertz CT molecular complexity index is 605. The van der Waals surface area contributed by atoms with Gasteiger partial charge in [-0.1, -0.05) is 29.3 Å².